The number of benzene rings is 1. The third-order valence-electron chi connectivity index (χ3n) is 3.10. The van der Waals surface area contributed by atoms with Gasteiger partial charge in [0.15, 0.2) is 0 Å². The minimum atomic E-state index is -1.07. The Kier molecular flexibility index (Phi) is 3.13. The zero-order chi connectivity index (χ0) is 12.5. The van der Waals surface area contributed by atoms with E-state index in [0.717, 1.165) is 18.9 Å². The van der Waals surface area contributed by atoms with E-state index in [2.05, 4.69) is 5.32 Å². The molecule has 2 rings (SSSR count). The second-order valence-electron chi connectivity index (χ2n) is 4.40. The number of hydrogen-bond donors (Lipinski definition) is 3. The quantitative estimate of drug-likeness (QED) is 0.720. The molecular formula is C12H14FNO3. The van der Waals surface area contributed by atoms with Crippen molar-refractivity contribution in [3.63, 3.8) is 0 Å². The Bertz CT molecular complexity index is 443. The molecule has 92 valence electrons. The number of carbonyl (C=O) groups is 1. The SMILES string of the molecule is O=C(O)c1ccc(F)c(CNC2(CO)CC2)c1. The Hall–Kier alpha value is -1.46. The maximum Gasteiger partial charge on any atom is 0.335 e. The van der Waals surface area contributed by atoms with Crippen LogP contribution in [0, 0.1) is 5.82 Å². The molecular weight excluding hydrogens is 225 g/mol. The standard InChI is InChI=1S/C12H14FNO3/c13-10-2-1-8(11(16)17)5-9(10)6-14-12(7-15)3-4-12/h1-2,5,14-15H,3-4,6-7H2,(H,16,17). The van der Waals surface area contributed by atoms with Crippen molar-refractivity contribution in [2.75, 3.05) is 6.61 Å². The molecule has 1 aromatic rings. The lowest BCUT2D eigenvalue weighted by molar-refractivity contribution is 0.0696. The third-order valence-corrected chi connectivity index (χ3v) is 3.10. The predicted octanol–water partition coefficient (Wildman–Crippen LogP) is 1.14. The zero-order valence-electron chi connectivity index (χ0n) is 9.24. The van der Waals surface area contributed by atoms with Gasteiger partial charge < -0.3 is 15.5 Å². The van der Waals surface area contributed by atoms with Crippen LogP contribution in [0.25, 0.3) is 0 Å². The van der Waals surface area contributed by atoms with E-state index < -0.39 is 11.8 Å². The summed E-state index contributed by atoms with van der Waals surface area (Å²) >= 11 is 0. The fraction of sp³-hybridized carbons (Fsp3) is 0.417. The molecule has 3 N–H and O–H groups in total. The second-order valence-corrected chi connectivity index (χ2v) is 4.40. The van der Waals surface area contributed by atoms with Gasteiger partial charge in [0.2, 0.25) is 0 Å². The number of nitrogens with one attached hydrogen (secondary N) is 1. The van der Waals surface area contributed by atoms with Crippen LogP contribution in [-0.4, -0.2) is 28.3 Å². The van der Waals surface area contributed by atoms with Crippen molar-refractivity contribution in [3.8, 4) is 0 Å². The van der Waals surface area contributed by atoms with E-state index >= 15 is 0 Å². The van der Waals surface area contributed by atoms with Gasteiger partial charge in [-0.15, -0.1) is 0 Å². The van der Waals surface area contributed by atoms with Crippen molar-refractivity contribution < 1.29 is 19.4 Å². The number of aliphatic hydroxyl groups excluding tert-OH is 1. The molecule has 1 fully saturated rings. The Morgan fingerprint density at radius 2 is 2.18 bits per heavy atom. The van der Waals surface area contributed by atoms with E-state index in [4.69, 9.17) is 10.2 Å². The predicted molar refractivity (Wildman–Crippen MR) is 59.2 cm³/mol. The molecule has 0 spiro atoms. The molecule has 17 heavy (non-hydrogen) atoms. The van der Waals surface area contributed by atoms with Gasteiger partial charge in [0, 0.05) is 17.6 Å². The van der Waals surface area contributed by atoms with Gasteiger partial charge >= 0.3 is 5.97 Å². The minimum Gasteiger partial charge on any atom is -0.478 e. The summed E-state index contributed by atoms with van der Waals surface area (Å²) in [6, 6.07) is 3.71. The molecule has 1 aliphatic carbocycles. The first kappa shape index (κ1) is 12.0. The average Bonchev–Trinajstić information content (AvgIpc) is 3.08. The summed E-state index contributed by atoms with van der Waals surface area (Å²) in [5.41, 5.74) is 0.0905. The third kappa shape index (κ3) is 2.62. The molecule has 0 amide bonds. The minimum absolute atomic E-state index is 0.0211. The number of carboxylic acid groups (broad SMARTS) is 1. The van der Waals surface area contributed by atoms with Gasteiger partial charge in [0.1, 0.15) is 5.82 Å². The molecule has 4 nitrogen and oxygen atoms in total. The van der Waals surface area contributed by atoms with E-state index in [0.29, 0.717) is 5.56 Å². The van der Waals surface area contributed by atoms with Crippen molar-refractivity contribution in [1.82, 2.24) is 5.32 Å². The van der Waals surface area contributed by atoms with Crippen LogP contribution in [0.5, 0.6) is 0 Å². The number of rotatable bonds is 5. The molecule has 0 bridgehead atoms. The number of aromatic carboxylic acids is 1. The van der Waals surface area contributed by atoms with Gasteiger partial charge in [-0.25, -0.2) is 9.18 Å². The second kappa shape index (κ2) is 4.43. The lowest BCUT2D eigenvalue weighted by atomic mass is 10.1. The average molecular weight is 239 g/mol. The first-order chi connectivity index (χ1) is 8.06. The van der Waals surface area contributed by atoms with Gasteiger partial charge in [-0.2, -0.15) is 0 Å². The topological polar surface area (TPSA) is 69.6 Å². The van der Waals surface area contributed by atoms with Crippen molar-refractivity contribution in [2.24, 2.45) is 0 Å². The van der Waals surface area contributed by atoms with Crippen LogP contribution < -0.4 is 5.32 Å². The molecule has 0 radical (unpaired) electrons. The van der Waals surface area contributed by atoms with Crippen LogP contribution in [0.1, 0.15) is 28.8 Å². The zero-order valence-corrected chi connectivity index (χ0v) is 9.24. The van der Waals surface area contributed by atoms with Gasteiger partial charge in [0.05, 0.1) is 12.2 Å². The smallest absolute Gasteiger partial charge is 0.335 e. The summed E-state index contributed by atoms with van der Waals surface area (Å²) in [4.78, 5) is 10.8. The fourth-order valence-electron chi connectivity index (χ4n) is 1.67. The highest BCUT2D eigenvalue weighted by Gasteiger charge is 2.41. The maximum absolute atomic E-state index is 13.4. The normalized spacial score (nSPS) is 16.8. The first-order valence-corrected chi connectivity index (χ1v) is 5.44. The van der Waals surface area contributed by atoms with Gasteiger partial charge in [0.25, 0.3) is 0 Å². The molecule has 0 aliphatic heterocycles. The summed E-state index contributed by atoms with van der Waals surface area (Å²) in [7, 11) is 0. The molecule has 1 aliphatic rings. The highest BCUT2D eigenvalue weighted by atomic mass is 19.1. The molecule has 1 saturated carbocycles. The Balaban J connectivity index is 2.09. The van der Waals surface area contributed by atoms with Gasteiger partial charge in [-0.3, -0.25) is 0 Å². The molecule has 0 unspecified atom stereocenters. The van der Waals surface area contributed by atoms with E-state index in [-0.39, 0.29) is 24.3 Å². The van der Waals surface area contributed by atoms with Crippen LogP contribution in [0.2, 0.25) is 0 Å². The van der Waals surface area contributed by atoms with Crippen LogP contribution in [0.4, 0.5) is 4.39 Å². The lowest BCUT2D eigenvalue weighted by Crippen LogP contribution is -2.34. The fourth-order valence-corrected chi connectivity index (χ4v) is 1.67. The van der Waals surface area contributed by atoms with Crippen molar-refractivity contribution in [2.45, 2.75) is 24.9 Å². The number of halogens is 1. The van der Waals surface area contributed by atoms with E-state index in [1.165, 1.54) is 12.1 Å². The summed E-state index contributed by atoms with van der Waals surface area (Å²) in [6.07, 6.45) is 1.73. The molecule has 0 saturated heterocycles. The van der Waals surface area contributed by atoms with E-state index in [1.807, 2.05) is 0 Å². The van der Waals surface area contributed by atoms with Crippen LogP contribution in [-0.2, 0) is 6.54 Å². The Morgan fingerprint density at radius 3 is 2.71 bits per heavy atom. The monoisotopic (exact) mass is 239 g/mol. The Morgan fingerprint density at radius 1 is 1.47 bits per heavy atom. The number of hydrogen-bond acceptors (Lipinski definition) is 3. The number of aliphatic hydroxyl groups is 1. The van der Waals surface area contributed by atoms with Crippen molar-refractivity contribution >= 4 is 5.97 Å². The van der Waals surface area contributed by atoms with Crippen LogP contribution in [0.15, 0.2) is 18.2 Å². The van der Waals surface area contributed by atoms with Crippen LogP contribution >= 0.6 is 0 Å². The summed E-state index contributed by atoms with van der Waals surface area (Å²) < 4.78 is 13.4. The first-order valence-electron chi connectivity index (χ1n) is 5.44. The van der Waals surface area contributed by atoms with Crippen molar-refractivity contribution in [1.29, 1.82) is 0 Å². The highest BCUT2D eigenvalue weighted by molar-refractivity contribution is 5.87. The molecule has 0 aromatic heterocycles. The largest absolute Gasteiger partial charge is 0.478 e. The van der Waals surface area contributed by atoms with Crippen LogP contribution in [0.3, 0.4) is 0 Å². The van der Waals surface area contributed by atoms with E-state index in [9.17, 15) is 9.18 Å². The maximum atomic E-state index is 13.4. The van der Waals surface area contributed by atoms with Gasteiger partial charge in [-0.05, 0) is 31.0 Å². The highest BCUT2D eigenvalue weighted by Crippen LogP contribution is 2.34. The summed E-state index contributed by atoms with van der Waals surface area (Å²) in [5.74, 6) is -1.51. The molecule has 0 atom stereocenters. The van der Waals surface area contributed by atoms with Crippen molar-refractivity contribution in [3.05, 3.63) is 35.1 Å². The Labute approximate surface area is 98.1 Å². The lowest BCUT2D eigenvalue weighted by Gasteiger charge is -2.14. The van der Waals surface area contributed by atoms with Gasteiger partial charge in [-0.1, -0.05) is 0 Å². The number of carboxylic acids is 1. The molecule has 1 aromatic carbocycles. The van der Waals surface area contributed by atoms with E-state index in [1.54, 1.807) is 0 Å². The molecule has 5 heteroatoms. The molecule has 0 heterocycles. The summed E-state index contributed by atoms with van der Waals surface area (Å²) in [5, 5.41) is 21.0. The summed E-state index contributed by atoms with van der Waals surface area (Å²) in [6.45, 7) is 0.251.